The van der Waals surface area contributed by atoms with Gasteiger partial charge in [0, 0.05) is 5.71 Å². The number of methoxy groups -OCH3 is 1. The summed E-state index contributed by atoms with van der Waals surface area (Å²) in [6, 6.07) is 4.73. The number of benzene rings is 1. The first-order valence-electron chi connectivity index (χ1n) is 8.27. The number of hydrogen-bond acceptors (Lipinski definition) is 6. The van der Waals surface area contributed by atoms with Crippen LogP contribution in [0.15, 0.2) is 28.2 Å². The number of aliphatic imine (C=N–C) groups is 2. The molecule has 0 aromatic heterocycles. The van der Waals surface area contributed by atoms with Gasteiger partial charge in [-0.05, 0) is 38.5 Å². The topological polar surface area (TPSA) is 106 Å². The summed E-state index contributed by atoms with van der Waals surface area (Å²) in [6.45, 7) is 5.35. The van der Waals surface area contributed by atoms with E-state index in [-0.39, 0.29) is 23.3 Å². The molecule has 3 amide bonds. The molecule has 0 spiro atoms. The van der Waals surface area contributed by atoms with Gasteiger partial charge in [-0.15, -0.1) is 0 Å². The number of rotatable bonds is 6. The number of nitrogens with zero attached hydrogens (tertiary/aromatic N) is 2. The monoisotopic (exact) mass is 391 g/mol. The average molecular weight is 391 g/mol. The highest BCUT2D eigenvalue weighted by Crippen LogP contribution is 2.26. The van der Waals surface area contributed by atoms with Gasteiger partial charge in [-0.3, -0.25) is 9.59 Å². The van der Waals surface area contributed by atoms with Gasteiger partial charge in [0.1, 0.15) is 11.7 Å². The van der Waals surface area contributed by atoms with Gasteiger partial charge in [0.25, 0.3) is 0 Å². The molecule has 1 atom stereocenters. The SMILES string of the molecule is CCOC(=O)C1C(C)=NC(=O)N=C1SCC(=O)Nc1cc(C)ccc1OC. The first-order chi connectivity index (χ1) is 12.8. The number of nitrogens with one attached hydrogen (secondary N) is 1. The Labute approximate surface area is 161 Å². The molecule has 1 heterocycles. The molecule has 0 saturated heterocycles. The van der Waals surface area contributed by atoms with Gasteiger partial charge in [0.2, 0.25) is 5.91 Å². The molecule has 1 N–H and O–H groups in total. The largest absolute Gasteiger partial charge is 0.495 e. The number of esters is 1. The van der Waals surface area contributed by atoms with E-state index < -0.39 is 17.9 Å². The summed E-state index contributed by atoms with van der Waals surface area (Å²) in [7, 11) is 1.52. The van der Waals surface area contributed by atoms with Crippen molar-refractivity contribution >= 4 is 46.1 Å². The minimum Gasteiger partial charge on any atom is -0.495 e. The van der Waals surface area contributed by atoms with Crippen LogP contribution in [-0.4, -0.2) is 48.1 Å². The van der Waals surface area contributed by atoms with E-state index in [2.05, 4.69) is 15.3 Å². The lowest BCUT2D eigenvalue weighted by Crippen LogP contribution is -2.34. The van der Waals surface area contributed by atoms with Gasteiger partial charge in [-0.1, -0.05) is 17.8 Å². The zero-order chi connectivity index (χ0) is 20.0. The molecule has 27 heavy (non-hydrogen) atoms. The number of ether oxygens (including phenoxy) is 2. The van der Waals surface area contributed by atoms with Crippen molar-refractivity contribution in [2.75, 3.05) is 24.8 Å². The van der Waals surface area contributed by atoms with Gasteiger partial charge in [-0.2, -0.15) is 9.98 Å². The zero-order valence-corrected chi connectivity index (χ0v) is 16.4. The Bertz CT molecular complexity index is 819. The maximum Gasteiger partial charge on any atom is 0.367 e. The minimum atomic E-state index is -0.867. The lowest BCUT2D eigenvalue weighted by Gasteiger charge is -2.19. The van der Waals surface area contributed by atoms with E-state index in [1.165, 1.54) is 7.11 Å². The van der Waals surface area contributed by atoms with E-state index in [1.54, 1.807) is 26.0 Å². The van der Waals surface area contributed by atoms with Crippen molar-refractivity contribution < 1.29 is 23.9 Å². The second-order valence-corrected chi connectivity index (χ2v) is 6.71. The van der Waals surface area contributed by atoms with Crippen LogP contribution in [0.4, 0.5) is 10.5 Å². The van der Waals surface area contributed by atoms with Crippen LogP contribution in [0.3, 0.4) is 0 Å². The Balaban J connectivity index is 2.07. The second kappa shape index (κ2) is 9.31. The summed E-state index contributed by atoms with van der Waals surface area (Å²) in [6.07, 6.45) is 0. The maximum absolute atomic E-state index is 12.3. The van der Waals surface area contributed by atoms with Gasteiger partial charge in [-0.25, -0.2) is 4.79 Å². The third kappa shape index (κ3) is 5.40. The van der Waals surface area contributed by atoms with Crippen LogP contribution in [0, 0.1) is 12.8 Å². The van der Waals surface area contributed by atoms with Gasteiger partial charge >= 0.3 is 12.0 Å². The maximum atomic E-state index is 12.3. The molecule has 0 radical (unpaired) electrons. The number of carbonyl (C=O) groups is 3. The highest BCUT2D eigenvalue weighted by molar-refractivity contribution is 8.14. The smallest absolute Gasteiger partial charge is 0.367 e. The first-order valence-corrected chi connectivity index (χ1v) is 9.26. The molecule has 0 aliphatic carbocycles. The van der Waals surface area contributed by atoms with Crippen LogP contribution < -0.4 is 10.1 Å². The quantitative estimate of drug-likeness (QED) is 0.748. The molecule has 144 valence electrons. The third-order valence-corrected chi connectivity index (χ3v) is 4.67. The van der Waals surface area contributed by atoms with Crippen LogP contribution in [0.2, 0.25) is 0 Å². The molecule has 0 bridgehead atoms. The van der Waals surface area contributed by atoms with Crippen molar-refractivity contribution in [2.24, 2.45) is 15.9 Å². The number of thioether (sulfide) groups is 1. The van der Waals surface area contributed by atoms with E-state index in [0.29, 0.717) is 17.1 Å². The number of anilines is 1. The molecule has 1 aromatic rings. The fourth-order valence-electron chi connectivity index (χ4n) is 2.44. The molecule has 1 aliphatic rings. The number of hydrogen-bond donors (Lipinski definition) is 1. The van der Waals surface area contributed by atoms with E-state index in [1.807, 2.05) is 13.0 Å². The highest BCUT2D eigenvalue weighted by Gasteiger charge is 2.33. The number of carbonyl (C=O) groups excluding carboxylic acids is 3. The molecule has 8 nitrogen and oxygen atoms in total. The Kier molecular flexibility index (Phi) is 7.12. The molecule has 1 aliphatic heterocycles. The van der Waals surface area contributed by atoms with Gasteiger partial charge < -0.3 is 14.8 Å². The molecular weight excluding hydrogens is 370 g/mol. The van der Waals surface area contributed by atoms with Crippen molar-refractivity contribution in [3.63, 3.8) is 0 Å². The number of urea groups is 1. The van der Waals surface area contributed by atoms with E-state index in [9.17, 15) is 14.4 Å². The van der Waals surface area contributed by atoms with Crippen LogP contribution in [-0.2, 0) is 14.3 Å². The minimum absolute atomic E-state index is 0.0353. The van der Waals surface area contributed by atoms with Crippen molar-refractivity contribution in [1.29, 1.82) is 0 Å². The van der Waals surface area contributed by atoms with E-state index in [0.717, 1.165) is 17.3 Å². The fraction of sp³-hybridized carbons (Fsp3) is 0.389. The normalized spacial score (nSPS) is 16.3. The van der Waals surface area contributed by atoms with Gasteiger partial charge in [0.05, 0.1) is 30.2 Å². The molecule has 1 unspecified atom stereocenters. The Hall–Kier alpha value is -2.68. The predicted octanol–water partition coefficient (Wildman–Crippen LogP) is 2.85. The second-order valence-electron chi connectivity index (χ2n) is 5.71. The predicted molar refractivity (Wildman–Crippen MR) is 105 cm³/mol. The molecule has 1 aromatic carbocycles. The Morgan fingerprint density at radius 1 is 1.26 bits per heavy atom. The number of aryl methyl sites for hydroxylation is 1. The van der Waals surface area contributed by atoms with E-state index >= 15 is 0 Å². The van der Waals surface area contributed by atoms with Gasteiger partial charge in [0.15, 0.2) is 0 Å². The lowest BCUT2D eigenvalue weighted by atomic mass is 10.1. The van der Waals surface area contributed by atoms with Crippen LogP contribution in [0.5, 0.6) is 5.75 Å². The Morgan fingerprint density at radius 3 is 2.67 bits per heavy atom. The van der Waals surface area contributed by atoms with Crippen LogP contribution >= 0.6 is 11.8 Å². The summed E-state index contributed by atoms with van der Waals surface area (Å²) in [4.78, 5) is 43.6. The van der Waals surface area contributed by atoms with Crippen LogP contribution in [0.25, 0.3) is 0 Å². The Morgan fingerprint density at radius 2 is 2.00 bits per heavy atom. The summed E-state index contributed by atoms with van der Waals surface area (Å²) >= 11 is 1.01. The third-order valence-electron chi connectivity index (χ3n) is 3.65. The summed E-state index contributed by atoms with van der Waals surface area (Å²) in [5.74, 6) is -1.22. The summed E-state index contributed by atoms with van der Waals surface area (Å²) in [5, 5.41) is 2.97. The van der Waals surface area contributed by atoms with Crippen molar-refractivity contribution in [3.8, 4) is 5.75 Å². The molecule has 2 rings (SSSR count). The van der Waals surface area contributed by atoms with E-state index in [4.69, 9.17) is 9.47 Å². The summed E-state index contributed by atoms with van der Waals surface area (Å²) in [5.41, 5.74) is 1.82. The molecule has 0 fully saturated rings. The van der Waals surface area contributed by atoms with Crippen LogP contribution in [0.1, 0.15) is 19.4 Å². The number of amides is 3. The summed E-state index contributed by atoms with van der Waals surface area (Å²) < 4.78 is 10.3. The lowest BCUT2D eigenvalue weighted by molar-refractivity contribution is -0.143. The van der Waals surface area contributed by atoms with Crippen molar-refractivity contribution in [2.45, 2.75) is 20.8 Å². The first kappa shape index (κ1) is 20.6. The zero-order valence-electron chi connectivity index (χ0n) is 15.6. The van der Waals surface area contributed by atoms with Crippen molar-refractivity contribution in [1.82, 2.24) is 0 Å². The molecule has 0 saturated carbocycles. The average Bonchev–Trinajstić information content (AvgIpc) is 2.59. The molecule has 9 heteroatoms. The standard InChI is InChI=1S/C18H21N3O5S/c1-5-26-17(23)15-11(3)19-18(24)21-16(15)27-9-14(22)20-12-8-10(2)6-7-13(12)25-4/h6-8,15H,5,9H2,1-4H3,(H,20,22). The highest BCUT2D eigenvalue weighted by atomic mass is 32.2. The van der Waals surface area contributed by atoms with Crippen molar-refractivity contribution in [3.05, 3.63) is 23.8 Å². The molecular formula is C18H21N3O5S. The fourth-order valence-corrected chi connectivity index (χ4v) is 3.36.